The lowest BCUT2D eigenvalue weighted by atomic mass is 10.1. The van der Waals surface area contributed by atoms with Gasteiger partial charge in [-0.05, 0) is 13.8 Å². The zero-order valence-corrected chi connectivity index (χ0v) is 12.1. The van der Waals surface area contributed by atoms with Crippen LogP contribution in [0.3, 0.4) is 0 Å². The van der Waals surface area contributed by atoms with Crippen LogP contribution in [0.25, 0.3) is 0 Å². The van der Waals surface area contributed by atoms with Gasteiger partial charge < -0.3 is 9.84 Å². The van der Waals surface area contributed by atoms with Crippen LogP contribution in [0.2, 0.25) is 0 Å². The molecule has 0 aliphatic carbocycles. The molecule has 0 radical (unpaired) electrons. The van der Waals surface area contributed by atoms with Crippen molar-refractivity contribution in [1.82, 2.24) is 14.1 Å². The zero-order chi connectivity index (χ0) is 14.3. The minimum absolute atomic E-state index is 0.0000463. The smallest absolute Gasteiger partial charge is 0.249 e. The summed E-state index contributed by atoms with van der Waals surface area (Å²) < 4.78 is 32.9. The Balaban J connectivity index is 2.32. The van der Waals surface area contributed by atoms with Crippen molar-refractivity contribution in [3.8, 4) is 5.88 Å². The van der Waals surface area contributed by atoms with E-state index in [0.717, 1.165) is 10.7 Å². The number of sulfonamides is 1. The standard InChI is InChI=1S/C11H19N3O4S/c1-11(2,15)8-13(3)19(16,17)9-7-12-14-5-4-6-18-10(9)14/h7,15H,4-6,8H2,1-3H3. The summed E-state index contributed by atoms with van der Waals surface area (Å²) in [6.07, 6.45) is 2.12. The number of aryl methyl sites for hydroxylation is 1. The van der Waals surface area contributed by atoms with Gasteiger partial charge in [0, 0.05) is 26.6 Å². The highest BCUT2D eigenvalue weighted by molar-refractivity contribution is 7.89. The van der Waals surface area contributed by atoms with Crippen LogP contribution in [-0.4, -0.2) is 53.4 Å². The maximum Gasteiger partial charge on any atom is 0.249 e. The first-order valence-corrected chi connectivity index (χ1v) is 7.53. The average Bonchev–Trinajstić information content (AvgIpc) is 2.70. The molecule has 2 rings (SSSR count). The molecule has 108 valence electrons. The van der Waals surface area contributed by atoms with Crippen molar-refractivity contribution < 1.29 is 18.3 Å². The van der Waals surface area contributed by atoms with E-state index in [2.05, 4.69) is 5.10 Å². The summed E-state index contributed by atoms with van der Waals surface area (Å²) >= 11 is 0. The second kappa shape index (κ2) is 4.77. The molecule has 7 nitrogen and oxygen atoms in total. The van der Waals surface area contributed by atoms with Gasteiger partial charge in [0.15, 0.2) is 4.90 Å². The third-order valence-corrected chi connectivity index (χ3v) is 4.60. The van der Waals surface area contributed by atoms with Crippen molar-refractivity contribution in [2.45, 2.75) is 37.3 Å². The molecule has 0 saturated heterocycles. The minimum atomic E-state index is -3.71. The molecule has 0 atom stereocenters. The van der Waals surface area contributed by atoms with Gasteiger partial charge in [-0.1, -0.05) is 0 Å². The lowest BCUT2D eigenvalue weighted by Gasteiger charge is -2.25. The summed E-state index contributed by atoms with van der Waals surface area (Å²) in [5.74, 6) is 0.286. The molecule has 0 fully saturated rings. The van der Waals surface area contributed by atoms with E-state index in [9.17, 15) is 13.5 Å². The summed E-state index contributed by atoms with van der Waals surface area (Å²) in [7, 11) is -2.27. The minimum Gasteiger partial charge on any atom is -0.477 e. The molecular weight excluding hydrogens is 270 g/mol. The molecule has 1 aliphatic rings. The molecule has 1 aliphatic heterocycles. The van der Waals surface area contributed by atoms with Crippen molar-refractivity contribution in [1.29, 1.82) is 0 Å². The Morgan fingerprint density at radius 3 is 2.89 bits per heavy atom. The van der Waals surface area contributed by atoms with Crippen LogP contribution in [0.15, 0.2) is 11.1 Å². The van der Waals surface area contributed by atoms with Crippen LogP contribution in [0, 0.1) is 0 Å². The number of hydrogen-bond donors (Lipinski definition) is 1. The van der Waals surface area contributed by atoms with Crippen molar-refractivity contribution >= 4 is 10.0 Å². The van der Waals surface area contributed by atoms with Crippen molar-refractivity contribution in [2.24, 2.45) is 0 Å². The number of fused-ring (bicyclic) bond motifs is 1. The Bertz CT molecular complexity index is 559. The Morgan fingerprint density at radius 2 is 2.26 bits per heavy atom. The second-order valence-electron chi connectivity index (χ2n) is 5.31. The highest BCUT2D eigenvalue weighted by Gasteiger charge is 2.32. The van der Waals surface area contributed by atoms with E-state index in [4.69, 9.17) is 4.74 Å². The number of aromatic nitrogens is 2. The number of nitrogens with zero attached hydrogens (tertiary/aromatic N) is 3. The summed E-state index contributed by atoms with van der Waals surface area (Å²) in [6, 6.07) is 0. The maximum atomic E-state index is 12.4. The lowest BCUT2D eigenvalue weighted by Crippen LogP contribution is -2.39. The van der Waals surface area contributed by atoms with Crippen molar-refractivity contribution in [3.05, 3.63) is 6.20 Å². The van der Waals surface area contributed by atoms with Crippen molar-refractivity contribution in [3.63, 3.8) is 0 Å². The summed E-state index contributed by atoms with van der Waals surface area (Å²) in [5.41, 5.74) is -1.10. The summed E-state index contributed by atoms with van der Waals surface area (Å²) in [6.45, 7) is 4.26. The maximum absolute atomic E-state index is 12.4. The Hall–Kier alpha value is -1.12. The number of ether oxygens (including phenoxy) is 1. The fourth-order valence-corrected chi connectivity index (χ4v) is 3.41. The average molecular weight is 289 g/mol. The van der Waals surface area contributed by atoms with Crippen molar-refractivity contribution in [2.75, 3.05) is 20.2 Å². The zero-order valence-electron chi connectivity index (χ0n) is 11.3. The molecule has 0 spiro atoms. The van der Waals surface area contributed by atoms with E-state index in [1.54, 1.807) is 18.5 Å². The SMILES string of the molecule is CN(CC(C)(C)O)S(=O)(=O)c1cnn2c1OCCC2. The molecule has 19 heavy (non-hydrogen) atoms. The van der Waals surface area contributed by atoms with Gasteiger partial charge in [-0.3, -0.25) is 0 Å². The molecule has 1 aromatic heterocycles. The van der Waals surface area contributed by atoms with Gasteiger partial charge in [-0.25, -0.2) is 13.1 Å². The first-order valence-electron chi connectivity index (χ1n) is 6.09. The molecule has 8 heteroatoms. The molecule has 0 aromatic carbocycles. The topological polar surface area (TPSA) is 84.7 Å². The number of hydrogen-bond acceptors (Lipinski definition) is 5. The monoisotopic (exact) mass is 289 g/mol. The molecule has 1 aromatic rings. The molecule has 2 heterocycles. The third kappa shape index (κ3) is 2.90. The van der Waals surface area contributed by atoms with Crippen LogP contribution in [-0.2, 0) is 16.6 Å². The summed E-state index contributed by atoms with van der Waals surface area (Å²) in [4.78, 5) is 0.0546. The summed E-state index contributed by atoms with van der Waals surface area (Å²) in [5, 5.41) is 13.8. The van der Waals surface area contributed by atoms with Gasteiger partial charge >= 0.3 is 0 Å². The molecule has 0 amide bonds. The van der Waals surface area contributed by atoms with Gasteiger partial charge in [0.2, 0.25) is 15.9 Å². The lowest BCUT2D eigenvalue weighted by molar-refractivity contribution is 0.0639. The second-order valence-corrected chi connectivity index (χ2v) is 7.33. The predicted octanol–water partition coefficient (Wildman–Crippen LogP) is 0.0570. The number of aliphatic hydroxyl groups is 1. The van der Waals surface area contributed by atoms with E-state index >= 15 is 0 Å². The fraction of sp³-hybridized carbons (Fsp3) is 0.727. The van der Waals surface area contributed by atoms with Gasteiger partial charge in [0.05, 0.1) is 18.4 Å². The van der Waals surface area contributed by atoms with Gasteiger partial charge in [0.25, 0.3) is 0 Å². The molecule has 0 unspecified atom stereocenters. The van der Waals surface area contributed by atoms with E-state index in [1.165, 1.54) is 13.2 Å². The molecule has 0 bridgehead atoms. The first kappa shape index (κ1) is 14.3. The van der Waals surface area contributed by atoms with E-state index in [0.29, 0.717) is 13.2 Å². The molecular formula is C11H19N3O4S. The number of likely N-dealkylation sites (N-methyl/N-ethyl adjacent to an activating group) is 1. The van der Waals surface area contributed by atoms with Gasteiger partial charge in [-0.2, -0.15) is 9.40 Å². The van der Waals surface area contributed by atoms with E-state index in [1.807, 2.05) is 0 Å². The fourth-order valence-electron chi connectivity index (χ4n) is 2.02. The van der Waals surface area contributed by atoms with Crippen LogP contribution in [0.4, 0.5) is 0 Å². The van der Waals surface area contributed by atoms with Crippen LogP contribution in [0.5, 0.6) is 5.88 Å². The van der Waals surface area contributed by atoms with Gasteiger partial charge in [0.1, 0.15) is 0 Å². The third-order valence-electron chi connectivity index (χ3n) is 2.81. The van der Waals surface area contributed by atoms with E-state index < -0.39 is 15.6 Å². The first-order chi connectivity index (χ1) is 8.72. The molecule has 0 saturated carbocycles. The predicted molar refractivity (Wildman–Crippen MR) is 68.5 cm³/mol. The number of rotatable bonds is 4. The Morgan fingerprint density at radius 1 is 1.58 bits per heavy atom. The Labute approximate surface area is 112 Å². The quantitative estimate of drug-likeness (QED) is 0.847. The Kier molecular flexibility index (Phi) is 3.59. The largest absolute Gasteiger partial charge is 0.477 e. The van der Waals surface area contributed by atoms with Crippen LogP contribution >= 0.6 is 0 Å². The highest BCUT2D eigenvalue weighted by atomic mass is 32.2. The van der Waals surface area contributed by atoms with Crippen LogP contribution in [0.1, 0.15) is 20.3 Å². The molecule has 1 N–H and O–H groups in total. The normalized spacial score (nSPS) is 16.3. The van der Waals surface area contributed by atoms with Gasteiger partial charge in [-0.15, -0.1) is 0 Å². The van der Waals surface area contributed by atoms with E-state index in [-0.39, 0.29) is 17.3 Å². The van der Waals surface area contributed by atoms with Crippen LogP contribution < -0.4 is 4.74 Å². The highest BCUT2D eigenvalue weighted by Crippen LogP contribution is 2.29.